The van der Waals surface area contributed by atoms with Gasteiger partial charge in [0.05, 0.1) is 20.1 Å². The number of rotatable bonds is 4. The summed E-state index contributed by atoms with van der Waals surface area (Å²) in [5, 5.41) is 0. The largest absolute Gasteiger partial charge is 0.498 e. The molecule has 0 amide bonds. The Balaban J connectivity index is 2.46. The Labute approximate surface area is 82.9 Å². The monoisotopic (exact) mass is 198 g/mol. The highest BCUT2D eigenvalue weighted by Crippen LogP contribution is 2.25. The molecule has 1 aliphatic carbocycles. The van der Waals surface area contributed by atoms with Crippen molar-refractivity contribution in [3.05, 3.63) is 11.8 Å². The van der Waals surface area contributed by atoms with E-state index in [4.69, 9.17) is 4.74 Å². The molecular formula is C10H14O4. The van der Waals surface area contributed by atoms with Crippen LogP contribution in [0.15, 0.2) is 11.8 Å². The van der Waals surface area contributed by atoms with Crippen LogP contribution in [-0.4, -0.2) is 25.5 Å². The van der Waals surface area contributed by atoms with Gasteiger partial charge in [-0.2, -0.15) is 0 Å². The van der Waals surface area contributed by atoms with Crippen LogP contribution in [0.2, 0.25) is 0 Å². The van der Waals surface area contributed by atoms with Crippen LogP contribution >= 0.6 is 0 Å². The highest BCUT2D eigenvalue weighted by atomic mass is 16.5. The highest BCUT2D eigenvalue weighted by molar-refractivity contribution is 5.96. The van der Waals surface area contributed by atoms with Crippen molar-refractivity contribution in [1.82, 2.24) is 0 Å². The topological polar surface area (TPSA) is 52.6 Å². The van der Waals surface area contributed by atoms with E-state index in [2.05, 4.69) is 4.74 Å². The van der Waals surface area contributed by atoms with Crippen LogP contribution in [0.4, 0.5) is 0 Å². The number of esters is 1. The summed E-state index contributed by atoms with van der Waals surface area (Å²) in [6.07, 6.45) is 2.13. The third kappa shape index (κ3) is 2.58. The molecule has 0 bridgehead atoms. The van der Waals surface area contributed by atoms with E-state index < -0.39 is 0 Å². The average Bonchev–Trinajstić information content (AvgIpc) is 2.47. The first-order chi connectivity index (χ1) is 6.67. The molecule has 78 valence electrons. The fourth-order valence-electron chi connectivity index (χ4n) is 1.42. The van der Waals surface area contributed by atoms with Crippen LogP contribution < -0.4 is 0 Å². The van der Waals surface area contributed by atoms with Gasteiger partial charge in [-0.3, -0.25) is 9.59 Å². The summed E-state index contributed by atoms with van der Waals surface area (Å²) in [7, 11) is 1.32. The smallest absolute Gasteiger partial charge is 0.306 e. The normalized spacial score (nSPS) is 20.6. The summed E-state index contributed by atoms with van der Waals surface area (Å²) in [6.45, 7) is 2.41. The van der Waals surface area contributed by atoms with Crippen LogP contribution in [0.1, 0.15) is 19.8 Å². The van der Waals surface area contributed by atoms with E-state index in [1.807, 2.05) is 6.92 Å². The van der Waals surface area contributed by atoms with E-state index in [1.165, 1.54) is 13.2 Å². The Morgan fingerprint density at radius 2 is 2.36 bits per heavy atom. The van der Waals surface area contributed by atoms with E-state index in [9.17, 15) is 9.59 Å². The number of hydrogen-bond donors (Lipinski definition) is 0. The second-order valence-corrected chi connectivity index (χ2v) is 3.13. The Hall–Kier alpha value is -1.32. The number of allylic oxidation sites excluding steroid dienone is 2. The molecular weight excluding hydrogens is 184 g/mol. The van der Waals surface area contributed by atoms with E-state index in [0.717, 1.165) is 0 Å². The first-order valence-electron chi connectivity index (χ1n) is 4.61. The SMILES string of the molecule is CCOC1=CC(=O)C(CC(=O)OC)C1. The summed E-state index contributed by atoms with van der Waals surface area (Å²) in [5.41, 5.74) is 0. The zero-order valence-electron chi connectivity index (χ0n) is 8.41. The minimum atomic E-state index is -0.352. The number of ether oxygens (including phenoxy) is 2. The van der Waals surface area contributed by atoms with Crippen LogP contribution in [0.25, 0.3) is 0 Å². The molecule has 14 heavy (non-hydrogen) atoms. The molecule has 4 nitrogen and oxygen atoms in total. The molecule has 0 aromatic rings. The summed E-state index contributed by atoms with van der Waals surface area (Å²) in [5.74, 6) is -0.0104. The van der Waals surface area contributed by atoms with Crippen molar-refractivity contribution in [2.45, 2.75) is 19.8 Å². The van der Waals surface area contributed by atoms with Crippen molar-refractivity contribution in [3.63, 3.8) is 0 Å². The van der Waals surface area contributed by atoms with E-state index in [1.54, 1.807) is 0 Å². The van der Waals surface area contributed by atoms with Crippen LogP contribution in [0.5, 0.6) is 0 Å². The molecule has 0 radical (unpaired) electrons. The highest BCUT2D eigenvalue weighted by Gasteiger charge is 2.28. The van der Waals surface area contributed by atoms with Crippen molar-refractivity contribution in [1.29, 1.82) is 0 Å². The van der Waals surface area contributed by atoms with Crippen LogP contribution in [-0.2, 0) is 19.1 Å². The molecule has 1 rings (SSSR count). The lowest BCUT2D eigenvalue weighted by Crippen LogP contribution is -2.14. The fraction of sp³-hybridized carbons (Fsp3) is 0.600. The maximum absolute atomic E-state index is 11.3. The minimum Gasteiger partial charge on any atom is -0.498 e. The molecule has 0 aromatic heterocycles. The zero-order valence-corrected chi connectivity index (χ0v) is 8.41. The number of carbonyl (C=O) groups is 2. The Bertz CT molecular complexity index is 267. The molecule has 1 aliphatic rings. The van der Waals surface area contributed by atoms with Crippen LogP contribution in [0.3, 0.4) is 0 Å². The Morgan fingerprint density at radius 1 is 1.64 bits per heavy atom. The predicted octanol–water partition coefficient (Wildman–Crippen LogP) is 1.06. The Morgan fingerprint density at radius 3 is 2.93 bits per heavy atom. The van der Waals surface area contributed by atoms with E-state index >= 15 is 0 Å². The second-order valence-electron chi connectivity index (χ2n) is 3.13. The number of methoxy groups -OCH3 is 1. The summed E-state index contributed by atoms with van der Waals surface area (Å²) >= 11 is 0. The van der Waals surface area contributed by atoms with Gasteiger partial charge in [-0.1, -0.05) is 0 Å². The van der Waals surface area contributed by atoms with Gasteiger partial charge in [0.1, 0.15) is 5.76 Å². The lowest BCUT2D eigenvalue weighted by atomic mass is 10.0. The molecule has 0 aromatic carbocycles. The molecule has 0 N–H and O–H groups in total. The number of ketones is 1. The maximum atomic E-state index is 11.3. The summed E-state index contributed by atoms with van der Waals surface area (Å²) in [4.78, 5) is 22.3. The second kappa shape index (κ2) is 4.79. The predicted molar refractivity (Wildman–Crippen MR) is 49.5 cm³/mol. The molecule has 0 saturated carbocycles. The lowest BCUT2D eigenvalue weighted by molar-refractivity contribution is -0.143. The molecule has 0 heterocycles. The van der Waals surface area contributed by atoms with Gasteiger partial charge in [0.15, 0.2) is 5.78 Å². The number of hydrogen-bond acceptors (Lipinski definition) is 4. The molecule has 1 unspecified atom stereocenters. The lowest BCUT2D eigenvalue weighted by Gasteiger charge is -2.07. The zero-order chi connectivity index (χ0) is 10.6. The van der Waals surface area contributed by atoms with Crippen molar-refractivity contribution in [3.8, 4) is 0 Å². The third-order valence-corrected chi connectivity index (χ3v) is 2.12. The van der Waals surface area contributed by atoms with Gasteiger partial charge in [-0.15, -0.1) is 0 Å². The standard InChI is InChI=1S/C10H14O4/c1-3-14-8-4-7(9(11)6-8)5-10(12)13-2/h6-7H,3-5H2,1-2H3. The third-order valence-electron chi connectivity index (χ3n) is 2.12. The first kappa shape index (κ1) is 10.8. The Kier molecular flexibility index (Phi) is 3.68. The molecule has 0 spiro atoms. The van der Waals surface area contributed by atoms with Gasteiger partial charge in [0.25, 0.3) is 0 Å². The van der Waals surface area contributed by atoms with Gasteiger partial charge in [0, 0.05) is 18.4 Å². The molecule has 0 saturated heterocycles. The number of carbonyl (C=O) groups excluding carboxylic acids is 2. The molecule has 1 atom stereocenters. The van der Waals surface area contributed by atoms with Crippen molar-refractivity contribution in [2.24, 2.45) is 5.92 Å². The van der Waals surface area contributed by atoms with Crippen molar-refractivity contribution in [2.75, 3.05) is 13.7 Å². The van der Waals surface area contributed by atoms with Crippen molar-refractivity contribution < 1.29 is 19.1 Å². The fourth-order valence-corrected chi connectivity index (χ4v) is 1.42. The maximum Gasteiger partial charge on any atom is 0.306 e. The van der Waals surface area contributed by atoms with Gasteiger partial charge in [-0.25, -0.2) is 0 Å². The van der Waals surface area contributed by atoms with Gasteiger partial charge in [0.2, 0.25) is 0 Å². The molecule has 0 aliphatic heterocycles. The van der Waals surface area contributed by atoms with Crippen molar-refractivity contribution >= 4 is 11.8 Å². The summed E-state index contributed by atoms with van der Waals surface area (Å²) in [6, 6.07) is 0. The minimum absolute atomic E-state index is 0.0427. The van der Waals surface area contributed by atoms with E-state index in [0.29, 0.717) is 18.8 Å². The van der Waals surface area contributed by atoms with Gasteiger partial charge >= 0.3 is 5.97 Å². The van der Waals surface area contributed by atoms with E-state index in [-0.39, 0.29) is 24.1 Å². The van der Waals surface area contributed by atoms with Gasteiger partial charge in [-0.05, 0) is 6.92 Å². The summed E-state index contributed by atoms with van der Waals surface area (Å²) < 4.78 is 9.71. The van der Waals surface area contributed by atoms with Gasteiger partial charge < -0.3 is 9.47 Å². The molecule has 4 heteroatoms. The quantitative estimate of drug-likeness (QED) is 0.634. The first-order valence-corrected chi connectivity index (χ1v) is 4.61. The molecule has 0 fully saturated rings. The van der Waals surface area contributed by atoms with Crippen LogP contribution in [0, 0.1) is 5.92 Å². The average molecular weight is 198 g/mol.